The van der Waals surface area contributed by atoms with Crippen LogP contribution in [0, 0.1) is 0 Å². The third-order valence-corrected chi connectivity index (χ3v) is 1.54. The molecule has 0 saturated heterocycles. The van der Waals surface area contributed by atoms with Crippen molar-refractivity contribution >= 4 is 5.91 Å². The highest BCUT2D eigenvalue weighted by Crippen LogP contribution is 2.03. The zero-order valence-corrected chi connectivity index (χ0v) is 8.18. The van der Waals surface area contributed by atoms with Gasteiger partial charge in [-0.25, -0.2) is 0 Å². The Bertz CT molecular complexity index is 157. The van der Waals surface area contributed by atoms with E-state index in [4.69, 9.17) is 10.5 Å². The molecule has 0 aliphatic rings. The summed E-state index contributed by atoms with van der Waals surface area (Å²) in [4.78, 5) is 10.7. The minimum Gasteiger partial charge on any atom is -0.383 e. The zero-order chi connectivity index (χ0) is 9.78. The highest BCUT2D eigenvalue weighted by atomic mass is 16.5. The molecule has 0 aromatic carbocycles. The van der Waals surface area contributed by atoms with E-state index in [0.29, 0.717) is 6.61 Å². The minimum absolute atomic E-state index is 0.219. The number of carbonyl (C=O) groups excluding carboxylic acids is 1. The predicted molar refractivity (Wildman–Crippen MR) is 47.7 cm³/mol. The molecule has 3 N–H and O–H groups in total. The average molecular weight is 174 g/mol. The van der Waals surface area contributed by atoms with E-state index >= 15 is 0 Å². The van der Waals surface area contributed by atoms with Gasteiger partial charge in [-0.15, -0.1) is 0 Å². The van der Waals surface area contributed by atoms with Gasteiger partial charge in [-0.1, -0.05) is 0 Å². The smallest absolute Gasteiger partial charge is 0.234 e. The van der Waals surface area contributed by atoms with Gasteiger partial charge in [-0.3, -0.25) is 10.1 Å². The van der Waals surface area contributed by atoms with Crippen molar-refractivity contribution in [2.45, 2.75) is 32.4 Å². The average Bonchev–Trinajstić information content (AvgIpc) is 1.85. The molecular weight excluding hydrogens is 156 g/mol. The van der Waals surface area contributed by atoms with Gasteiger partial charge in [0.2, 0.25) is 5.91 Å². The van der Waals surface area contributed by atoms with E-state index in [-0.39, 0.29) is 17.5 Å². The van der Waals surface area contributed by atoms with Crippen LogP contribution in [0.15, 0.2) is 0 Å². The molecule has 1 atom stereocenters. The van der Waals surface area contributed by atoms with Gasteiger partial charge in [0.05, 0.1) is 12.6 Å². The maximum atomic E-state index is 10.7. The summed E-state index contributed by atoms with van der Waals surface area (Å²) in [5.41, 5.74) is 4.88. The first-order valence-corrected chi connectivity index (χ1v) is 3.95. The van der Waals surface area contributed by atoms with E-state index in [0.717, 1.165) is 0 Å². The van der Waals surface area contributed by atoms with E-state index in [1.54, 1.807) is 14.0 Å². The molecule has 0 aromatic rings. The lowest BCUT2D eigenvalue weighted by Gasteiger charge is -2.28. The third-order valence-electron chi connectivity index (χ3n) is 1.54. The Morgan fingerprint density at radius 2 is 2.17 bits per heavy atom. The Labute approximate surface area is 73.5 Å². The number of hydrogen-bond donors (Lipinski definition) is 2. The van der Waals surface area contributed by atoms with Gasteiger partial charge in [0, 0.05) is 12.6 Å². The van der Waals surface area contributed by atoms with Crippen LogP contribution in [0.1, 0.15) is 20.8 Å². The Balaban J connectivity index is 3.95. The summed E-state index contributed by atoms with van der Waals surface area (Å²) in [7, 11) is 1.62. The summed E-state index contributed by atoms with van der Waals surface area (Å²) in [6, 6.07) is -0.324. The van der Waals surface area contributed by atoms with Gasteiger partial charge in [0.15, 0.2) is 0 Å². The Morgan fingerprint density at radius 1 is 1.67 bits per heavy atom. The van der Waals surface area contributed by atoms with E-state index in [9.17, 15) is 4.79 Å². The number of nitrogens with two attached hydrogens (primary N) is 1. The zero-order valence-electron chi connectivity index (χ0n) is 8.18. The number of methoxy groups -OCH3 is 1. The van der Waals surface area contributed by atoms with Crippen LogP contribution < -0.4 is 11.1 Å². The molecule has 0 heterocycles. The molecule has 0 aliphatic heterocycles. The summed E-state index contributed by atoms with van der Waals surface area (Å²) >= 11 is 0. The molecule has 4 nitrogen and oxygen atoms in total. The van der Waals surface area contributed by atoms with Crippen molar-refractivity contribution in [3.05, 3.63) is 0 Å². The van der Waals surface area contributed by atoms with Crippen molar-refractivity contribution in [3.8, 4) is 0 Å². The van der Waals surface area contributed by atoms with Gasteiger partial charge in [0.25, 0.3) is 0 Å². The summed E-state index contributed by atoms with van der Waals surface area (Å²) in [5, 5.41) is 3.06. The maximum Gasteiger partial charge on any atom is 0.234 e. The first-order valence-electron chi connectivity index (χ1n) is 3.95. The second-order valence-electron chi connectivity index (χ2n) is 3.59. The molecule has 4 heteroatoms. The quantitative estimate of drug-likeness (QED) is 0.610. The Kier molecular flexibility index (Phi) is 4.20. The number of hydrogen-bond acceptors (Lipinski definition) is 3. The normalized spacial score (nSPS) is 14.3. The lowest BCUT2D eigenvalue weighted by atomic mass is 10.1. The van der Waals surface area contributed by atoms with E-state index in [1.807, 2.05) is 13.8 Å². The van der Waals surface area contributed by atoms with Crippen LogP contribution in [0.25, 0.3) is 0 Å². The van der Waals surface area contributed by atoms with E-state index in [2.05, 4.69) is 5.32 Å². The maximum absolute atomic E-state index is 10.7. The van der Waals surface area contributed by atoms with Crippen LogP contribution in [0.4, 0.5) is 0 Å². The van der Waals surface area contributed by atoms with Crippen molar-refractivity contribution in [2.24, 2.45) is 5.73 Å². The number of amides is 1. The molecule has 1 unspecified atom stereocenters. The molecule has 0 radical (unpaired) electrons. The molecule has 12 heavy (non-hydrogen) atoms. The standard InChI is InChI=1S/C8H18N2O2/c1-6(7(9)11)10-8(2,3)5-12-4/h6,10H,5H2,1-4H3,(H2,9,11). The fourth-order valence-corrected chi connectivity index (χ4v) is 1.06. The molecule has 1 amide bonds. The molecule has 0 aromatic heterocycles. The predicted octanol–water partition coefficient (Wildman–Crippen LogP) is -0.125. The number of primary amides is 1. The van der Waals surface area contributed by atoms with Crippen molar-refractivity contribution < 1.29 is 9.53 Å². The monoisotopic (exact) mass is 174 g/mol. The largest absolute Gasteiger partial charge is 0.383 e. The highest BCUT2D eigenvalue weighted by Gasteiger charge is 2.21. The summed E-state index contributed by atoms with van der Waals surface area (Å²) < 4.78 is 4.97. The molecule has 72 valence electrons. The lowest BCUT2D eigenvalue weighted by Crippen LogP contribution is -2.52. The molecule has 0 aliphatic carbocycles. The SMILES string of the molecule is COCC(C)(C)NC(C)C(N)=O. The van der Waals surface area contributed by atoms with Crippen LogP contribution in [-0.2, 0) is 9.53 Å². The Hall–Kier alpha value is -0.610. The van der Waals surface area contributed by atoms with Crippen molar-refractivity contribution in [2.75, 3.05) is 13.7 Å². The van der Waals surface area contributed by atoms with E-state index < -0.39 is 0 Å². The first-order chi connectivity index (χ1) is 5.39. The van der Waals surface area contributed by atoms with Crippen molar-refractivity contribution in [1.29, 1.82) is 0 Å². The number of carbonyl (C=O) groups is 1. The third kappa shape index (κ3) is 4.31. The molecule has 0 fully saturated rings. The topological polar surface area (TPSA) is 64.3 Å². The molecule has 0 spiro atoms. The van der Waals surface area contributed by atoms with Crippen LogP contribution >= 0.6 is 0 Å². The fraction of sp³-hybridized carbons (Fsp3) is 0.875. The Morgan fingerprint density at radius 3 is 2.50 bits per heavy atom. The van der Waals surface area contributed by atoms with Gasteiger partial charge >= 0.3 is 0 Å². The molecule has 0 saturated carbocycles. The van der Waals surface area contributed by atoms with Crippen LogP contribution in [0.5, 0.6) is 0 Å². The van der Waals surface area contributed by atoms with Crippen molar-refractivity contribution in [3.63, 3.8) is 0 Å². The first kappa shape index (κ1) is 11.4. The van der Waals surface area contributed by atoms with Gasteiger partial charge in [-0.2, -0.15) is 0 Å². The summed E-state index contributed by atoms with van der Waals surface area (Å²) in [6.45, 7) is 6.19. The van der Waals surface area contributed by atoms with Gasteiger partial charge in [0.1, 0.15) is 0 Å². The number of rotatable bonds is 5. The molecule has 0 rings (SSSR count). The summed E-state index contributed by atoms with van der Waals surface area (Å²) in [5.74, 6) is -0.348. The van der Waals surface area contributed by atoms with Crippen LogP contribution in [-0.4, -0.2) is 31.2 Å². The van der Waals surface area contributed by atoms with Gasteiger partial charge in [-0.05, 0) is 20.8 Å². The van der Waals surface area contributed by atoms with Crippen molar-refractivity contribution in [1.82, 2.24) is 5.32 Å². The number of nitrogens with one attached hydrogen (secondary N) is 1. The molecule has 0 bridgehead atoms. The van der Waals surface area contributed by atoms with Crippen LogP contribution in [0.2, 0.25) is 0 Å². The lowest BCUT2D eigenvalue weighted by molar-refractivity contribution is -0.120. The van der Waals surface area contributed by atoms with Crippen LogP contribution in [0.3, 0.4) is 0 Å². The van der Waals surface area contributed by atoms with Gasteiger partial charge < -0.3 is 10.5 Å². The van der Waals surface area contributed by atoms with E-state index in [1.165, 1.54) is 0 Å². The summed E-state index contributed by atoms with van der Waals surface area (Å²) in [6.07, 6.45) is 0. The second-order valence-corrected chi connectivity index (χ2v) is 3.59. The molecular formula is C8H18N2O2. The second kappa shape index (κ2) is 4.42. The minimum atomic E-state index is -0.348. The fourth-order valence-electron chi connectivity index (χ4n) is 1.06. The highest BCUT2D eigenvalue weighted by molar-refractivity contribution is 5.79. The number of ether oxygens (including phenoxy) is 1.